The van der Waals surface area contributed by atoms with E-state index in [1.54, 1.807) is 0 Å². The van der Waals surface area contributed by atoms with E-state index < -0.39 is 0 Å². The zero-order chi connectivity index (χ0) is 6.41. The third-order valence-electron chi connectivity index (χ3n) is 2.79. The van der Waals surface area contributed by atoms with Crippen molar-refractivity contribution in [1.29, 1.82) is 0 Å². The largest absolute Gasteiger partial charge is 0.325 e. The minimum Gasteiger partial charge on any atom is -0.325 e. The molecule has 0 heterocycles. The van der Waals surface area contributed by atoms with Gasteiger partial charge in [0.2, 0.25) is 0 Å². The standard InChI is InChI=1S/C7H15N/c1-4-6(2)5-7(6,3)8/h4-5,8H2,1-3H3. The molecule has 1 aliphatic rings. The molecule has 0 spiro atoms. The SMILES string of the molecule is CCC1(C)CC1(C)N. The highest BCUT2D eigenvalue weighted by Gasteiger charge is 2.56. The van der Waals surface area contributed by atoms with Crippen molar-refractivity contribution in [3.05, 3.63) is 0 Å². The molecule has 2 N–H and O–H groups in total. The molecule has 0 saturated heterocycles. The molecule has 0 amide bonds. The third kappa shape index (κ3) is 0.576. The Morgan fingerprint density at radius 3 is 1.88 bits per heavy atom. The zero-order valence-electron chi connectivity index (χ0n) is 5.99. The van der Waals surface area contributed by atoms with E-state index >= 15 is 0 Å². The lowest BCUT2D eigenvalue weighted by Crippen LogP contribution is -2.24. The summed E-state index contributed by atoms with van der Waals surface area (Å²) >= 11 is 0. The van der Waals surface area contributed by atoms with Crippen molar-refractivity contribution >= 4 is 0 Å². The summed E-state index contributed by atoms with van der Waals surface area (Å²) in [7, 11) is 0. The number of nitrogens with two attached hydrogens (primary N) is 1. The second kappa shape index (κ2) is 1.27. The summed E-state index contributed by atoms with van der Waals surface area (Å²) in [6, 6.07) is 0. The fourth-order valence-electron chi connectivity index (χ4n) is 1.30. The van der Waals surface area contributed by atoms with Gasteiger partial charge in [-0.1, -0.05) is 13.8 Å². The van der Waals surface area contributed by atoms with Gasteiger partial charge in [-0.25, -0.2) is 0 Å². The Hall–Kier alpha value is -0.0400. The highest BCUT2D eigenvalue weighted by molar-refractivity contribution is 5.13. The fourth-order valence-corrected chi connectivity index (χ4v) is 1.30. The molecule has 0 aromatic carbocycles. The Kier molecular flexibility index (Phi) is 0.965. The topological polar surface area (TPSA) is 26.0 Å². The van der Waals surface area contributed by atoms with Crippen molar-refractivity contribution in [1.82, 2.24) is 0 Å². The summed E-state index contributed by atoms with van der Waals surface area (Å²) in [4.78, 5) is 0. The molecule has 1 rings (SSSR count). The van der Waals surface area contributed by atoms with Gasteiger partial charge in [0.05, 0.1) is 0 Å². The summed E-state index contributed by atoms with van der Waals surface area (Å²) in [6.07, 6.45) is 2.43. The molecule has 0 aromatic rings. The van der Waals surface area contributed by atoms with E-state index in [1.807, 2.05) is 0 Å². The van der Waals surface area contributed by atoms with E-state index in [0.29, 0.717) is 5.41 Å². The smallest absolute Gasteiger partial charge is 0.0186 e. The van der Waals surface area contributed by atoms with Gasteiger partial charge in [0, 0.05) is 5.54 Å². The minimum atomic E-state index is 0.155. The lowest BCUT2D eigenvalue weighted by atomic mass is 10.0. The summed E-state index contributed by atoms with van der Waals surface area (Å²) in [5.74, 6) is 0. The predicted molar refractivity (Wildman–Crippen MR) is 35.6 cm³/mol. The molecule has 1 heteroatoms. The Balaban J connectivity index is 2.55. The Bertz CT molecular complexity index is 107. The van der Waals surface area contributed by atoms with Crippen LogP contribution in [-0.4, -0.2) is 5.54 Å². The molecular weight excluding hydrogens is 98.1 g/mol. The van der Waals surface area contributed by atoms with Crippen LogP contribution in [0.5, 0.6) is 0 Å². The maximum Gasteiger partial charge on any atom is 0.0186 e. The molecule has 1 fully saturated rings. The van der Waals surface area contributed by atoms with Gasteiger partial charge < -0.3 is 5.73 Å². The first-order chi connectivity index (χ1) is 3.52. The molecule has 1 saturated carbocycles. The van der Waals surface area contributed by atoms with Crippen molar-refractivity contribution in [3.63, 3.8) is 0 Å². The van der Waals surface area contributed by atoms with Crippen LogP contribution in [0.1, 0.15) is 33.6 Å². The molecule has 2 atom stereocenters. The molecule has 1 nitrogen and oxygen atoms in total. The normalized spacial score (nSPS) is 54.0. The first-order valence-electron chi connectivity index (χ1n) is 3.31. The molecule has 0 radical (unpaired) electrons. The third-order valence-corrected chi connectivity index (χ3v) is 2.79. The Morgan fingerprint density at radius 2 is 1.88 bits per heavy atom. The summed E-state index contributed by atoms with van der Waals surface area (Å²) in [5, 5.41) is 0. The van der Waals surface area contributed by atoms with Gasteiger partial charge in [0.25, 0.3) is 0 Å². The minimum absolute atomic E-state index is 0.155. The van der Waals surface area contributed by atoms with Gasteiger partial charge in [-0.05, 0) is 25.2 Å². The highest BCUT2D eigenvalue weighted by atomic mass is 14.9. The number of hydrogen-bond acceptors (Lipinski definition) is 1. The summed E-state index contributed by atoms with van der Waals surface area (Å²) in [5.41, 5.74) is 6.47. The van der Waals surface area contributed by atoms with Crippen molar-refractivity contribution in [3.8, 4) is 0 Å². The van der Waals surface area contributed by atoms with Gasteiger partial charge >= 0.3 is 0 Å². The first kappa shape index (κ1) is 6.09. The molecule has 0 aromatic heterocycles. The van der Waals surface area contributed by atoms with Gasteiger partial charge in [-0.2, -0.15) is 0 Å². The van der Waals surface area contributed by atoms with Crippen LogP contribution in [-0.2, 0) is 0 Å². The lowest BCUT2D eigenvalue weighted by molar-refractivity contribution is 0.460. The van der Waals surface area contributed by atoms with Crippen LogP contribution in [0, 0.1) is 5.41 Å². The summed E-state index contributed by atoms with van der Waals surface area (Å²) in [6.45, 7) is 6.60. The van der Waals surface area contributed by atoms with Gasteiger partial charge in [0.15, 0.2) is 0 Å². The van der Waals surface area contributed by atoms with Crippen molar-refractivity contribution in [2.45, 2.75) is 39.2 Å². The second-order valence-electron chi connectivity index (χ2n) is 3.51. The van der Waals surface area contributed by atoms with Gasteiger partial charge in [0.1, 0.15) is 0 Å². The van der Waals surface area contributed by atoms with Crippen LogP contribution in [0.15, 0.2) is 0 Å². The molecular formula is C7H15N. The zero-order valence-corrected chi connectivity index (χ0v) is 5.99. The number of rotatable bonds is 1. The van der Waals surface area contributed by atoms with E-state index in [1.165, 1.54) is 12.8 Å². The Labute approximate surface area is 51.3 Å². The first-order valence-corrected chi connectivity index (χ1v) is 3.31. The average molecular weight is 113 g/mol. The quantitative estimate of drug-likeness (QED) is 0.548. The van der Waals surface area contributed by atoms with Gasteiger partial charge in [-0.15, -0.1) is 0 Å². The molecule has 0 bridgehead atoms. The predicted octanol–water partition coefficient (Wildman–Crippen LogP) is 1.52. The van der Waals surface area contributed by atoms with Crippen LogP contribution in [0.3, 0.4) is 0 Å². The van der Waals surface area contributed by atoms with E-state index in [0.717, 1.165) is 0 Å². The second-order valence-corrected chi connectivity index (χ2v) is 3.51. The van der Waals surface area contributed by atoms with E-state index in [-0.39, 0.29) is 5.54 Å². The monoisotopic (exact) mass is 113 g/mol. The number of hydrogen-bond donors (Lipinski definition) is 1. The van der Waals surface area contributed by atoms with Gasteiger partial charge in [-0.3, -0.25) is 0 Å². The average Bonchev–Trinajstić information content (AvgIpc) is 2.10. The van der Waals surface area contributed by atoms with E-state index in [2.05, 4.69) is 20.8 Å². The molecule has 1 aliphatic carbocycles. The fraction of sp³-hybridized carbons (Fsp3) is 1.00. The van der Waals surface area contributed by atoms with Crippen LogP contribution in [0.4, 0.5) is 0 Å². The van der Waals surface area contributed by atoms with Crippen LogP contribution in [0.25, 0.3) is 0 Å². The van der Waals surface area contributed by atoms with Crippen molar-refractivity contribution < 1.29 is 0 Å². The molecule has 48 valence electrons. The highest BCUT2D eigenvalue weighted by Crippen LogP contribution is 2.55. The molecule has 8 heavy (non-hydrogen) atoms. The van der Waals surface area contributed by atoms with Crippen LogP contribution in [0.2, 0.25) is 0 Å². The lowest BCUT2D eigenvalue weighted by Gasteiger charge is -2.09. The summed E-state index contributed by atoms with van der Waals surface area (Å²) < 4.78 is 0. The van der Waals surface area contributed by atoms with Crippen LogP contribution >= 0.6 is 0 Å². The van der Waals surface area contributed by atoms with E-state index in [4.69, 9.17) is 5.73 Å². The van der Waals surface area contributed by atoms with Crippen LogP contribution < -0.4 is 5.73 Å². The van der Waals surface area contributed by atoms with Crippen molar-refractivity contribution in [2.75, 3.05) is 0 Å². The maximum absolute atomic E-state index is 5.85. The van der Waals surface area contributed by atoms with E-state index in [9.17, 15) is 0 Å². The molecule has 0 aliphatic heterocycles. The Morgan fingerprint density at radius 1 is 1.50 bits per heavy atom. The molecule has 2 unspecified atom stereocenters. The maximum atomic E-state index is 5.85. The van der Waals surface area contributed by atoms with Crippen molar-refractivity contribution in [2.24, 2.45) is 11.1 Å².